The highest BCUT2D eigenvalue weighted by Crippen LogP contribution is 2.28. The van der Waals surface area contributed by atoms with Crippen LogP contribution in [0.15, 0.2) is 0 Å². The number of halogens is 1. The zero-order valence-corrected chi connectivity index (χ0v) is 5.10. The maximum Gasteiger partial charge on any atom is 0.00265 e. The lowest BCUT2D eigenvalue weighted by atomic mass is 10.5. The van der Waals surface area contributed by atoms with Gasteiger partial charge in [-0.1, -0.05) is 22.6 Å². The first-order valence-electron chi connectivity index (χ1n) is 1.83. The molecule has 0 amide bonds. The molecule has 0 N–H and O–H groups in total. The first kappa shape index (κ1) is 3.90. The number of rotatable bonds is 1. The predicted octanol–water partition coefficient (Wildman–Crippen LogP) is 1.65. The van der Waals surface area contributed by atoms with Crippen molar-refractivity contribution < 1.29 is 0 Å². The minimum Gasteiger partial charge on any atom is -0.0861 e. The average molecular weight is 181 g/mol. The fraction of sp³-hybridized carbons (Fsp3) is 0.750. The summed E-state index contributed by atoms with van der Waals surface area (Å²) in [7, 11) is 0. The lowest BCUT2D eigenvalue weighted by molar-refractivity contribution is 1.06. The molecule has 0 heterocycles. The maximum absolute atomic E-state index is 2.41. The zero-order chi connectivity index (χ0) is 3.70. The topological polar surface area (TPSA) is 0 Å². The van der Waals surface area contributed by atoms with E-state index in [1.54, 1.807) is 0 Å². The van der Waals surface area contributed by atoms with Crippen LogP contribution in [-0.2, 0) is 0 Å². The first-order valence-corrected chi connectivity index (χ1v) is 3.35. The standard InChI is InChI=1S/C4H6I/c5-3-4-1-2-4/h1,4H,2-3H2. The van der Waals surface area contributed by atoms with Crippen LogP contribution in [0.4, 0.5) is 0 Å². The van der Waals surface area contributed by atoms with Gasteiger partial charge in [-0.2, -0.15) is 0 Å². The summed E-state index contributed by atoms with van der Waals surface area (Å²) in [5.41, 5.74) is 0. The molecule has 0 aromatic rings. The summed E-state index contributed by atoms with van der Waals surface area (Å²) in [6, 6.07) is 0. The van der Waals surface area contributed by atoms with Crippen molar-refractivity contribution in [2.45, 2.75) is 6.42 Å². The van der Waals surface area contributed by atoms with Gasteiger partial charge in [-0.3, -0.25) is 0 Å². The largest absolute Gasteiger partial charge is 0.0861 e. The van der Waals surface area contributed by atoms with Crippen LogP contribution < -0.4 is 0 Å². The Labute approximate surface area is 46.1 Å². The van der Waals surface area contributed by atoms with E-state index >= 15 is 0 Å². The van der Waals surface area contributed by atoms with Crippen LogP contribution in [0.1, 0.15) is 6.42 Å². The number of alkyl halides is 1. The SMILES string of the molecule is ICC1[CH]C1. The molecule has 1 rings (SSSR count). The van der Waals surface area contributed by atoms with E-state index < -0.39 is 0 Å². The van der Waals surface area contributed by atoms with Gasteiger partial charge in [0.25, 0.3) is 0 Å². The molecule has 1 aliphatic rings. The molecule has 5 heavy (non-hydrogen) atoms. The molecule has 0 saturated heterocycles. The highest BCUT2D eigenvalue weighted by molar-refractivity contribution is 14.1. The molecule has 29 valence electrons. The van der Waals surface area contributed by atoms with E-state index in [1.807, 2.05) is 0 Å². The summed E-state index contributed by atoms with van der Waals surface area (Å²) in [4.78, 5) is 0. The zero-order valence-electron chi connectivity index (χ0n) is 2.95. The Hall–Kier alpha value is 0.730. The van der Waals surface area contributed by atoms with Crippen LogP contribution in [0.25, 0.3) is 0 Å². The Morgan fingerprint density at radius 1 is 2.00 bits per heavy atom. The van der Waals surface area contributed by atoms with Crippen molar-refractivity contribution >= 4 is 22.6 Å². The van der Waals surface area contributed by atoms with Gasteiger partial charge in [-0.05, 0) is 18.8 Å². The van der Waals surface area contributed by atoms with E-state index in [9.17, 15) is 0 Å². The van der Waals surface area contributed by atoms with E-state index in [0.29, 0.717) is 0 Å². The van der Waals surface area contributed by atoms with Gasteiger partial charge in [0.15, 0.2) is 0 Å². The molecular weight excluding hydrogens is 175 g/mol. The number of hydrogen-bond donors (Lipinski definition) is 0. The van der Waals surface area contributed by atoms with E-state index in [2.05, 4.69) is 29.0 Å². The molecule has 0 aliphatic heterocycles. The predicted molar refractivity (Wildman–Crippen MR) is 31.3 cm³/mol. The summed E-state index contributed by atoms with van der Waals surface area (Å²) in [6.07, 6.45) is 3.72. The average Bonchev–Trinajstić information content (AvgIpc) is 2.12. The van der Waals surface area contributed by atoms with Crippen molar-refractivity contribution in [2.24, 2.45) is 5.92 Å². The molecule has 1 atom stereocenters. The van der Waals surface area contributed by atoms with Crippen molar-refractivity contribution in [2.75, 3.05) is 4.43 Å². The van der Waals surface area contributed by atoms with Gasteiger partial charge in [0.2, 0.25) is 0 Å². The van der Waals surface area contributed by atoms with Gasteiger partial charge in [0, 0.05) is 4.43 Å². The summed E-state index contributed by atoms with van der Waals surface area (Å²) in [5, 5.41) is 0. The molecule has 0 bridgehead atoms. The summed E-state index contributed by atoms with van der Waals surface area (Å²) >= 11 is 2.41. The van der Waals surface area contributed by atoms with Crippen LogP contribution in [-0.4, -0.2) is 4.43 Å². The van der Waals surface area contributed by atoms with Crippen LogP contribution in [0, 0.1) is 12.3 Å². The summed E-state index contributed by atoms with van der Waals surface area (Å²) in [6.45, 7) is 0. The molecule has 0 aromatic carbocycles. The fourth-order valence-electron chi connectivity index (χ4n) is 0.222. The minimum atomic E-state index is 0.996. The molecule has 0 aromatic heterocycles. The highest BCUT2D eigenvalue weighted by atomic mass is 127. The third-order valence-corrected chi connectivity index (χ3v) is 1.90. The molecule has 1 radical (unpaired) electrons. The third-order valence-electron chi connectivity index (χ3n) is 0.767. The van der Waals surface area contributed by atoms with Crippen molar-refractivity contribution in [3.63, 3.8) is 0 Å². The van der Waals surface area contributed by atoms with Crippen LogP contribution in [0.3, 0.4) is 0 Å². The Balaban J connectivity index is 2.00. The van der Waals surface area contributed by atoms with Crippen LogP contribution in [0.5, 0.6) is 0 Å². The van der Waals surface area contributed by atoms with Gasteiger partial charge in [0.1, 0.15) is 0 Å². The van der Waals surface area contributed by atoms with Crippen LogP contribution >= 0.6 is 22.6 Å². The van der Waals surface area contributed by atoms with Crippen molar-refractivity contribution in [1.82, 2.24) is 0 Å². The number of hydrogen-bond acceptors (Lipinski definition) is 0. The summed E-state index contributed by atoms with van der Waals surface area (Å²) in [5.74, 6) is 0.996. The lowest BCUT2D eigenvalue weighted by Gasteiger charge is -1.70. The van der Waals surface area contributed by atoms with Crippen molar-refractivity contribution in [3.8, 4) is 0 Å². The monoisotopic (exact) mass is 181 g/mol. The van der Waals surface area contributed by atoms with Gasteiger partial charge in [-0.25, -0.2) is 0 Å². The second-order valence-electron chi connectivity index (χ2n) is 1.39. The van der Waals surface area contributed by atoms with Crippen LogP contribution in [0.2, 0.25) is 0 Å². The van der Waals surface area contributed by atoms with E-state index in [1.165, 1.54) is 10.8 Å². The van der Waals surface area contributed by atoms with E-state index in [4.69, 9.17) is 0 Å². The molecule has 1 fully saturated rings. The molecule has 1 saturated carbocycles. The lowest BCUT2D eigenvalue weighted by Crippen LogP contribution is -1.66. The van der Waals surface area contributed by atoms with Gasteiger partial charge in [-0.15, -0.1) is 0 Å². The first-order chi connectivity index (χ1) is 2.43. The van der Waals surface area contributed by atoms with Gasteiger partial charge in [0.05, 0.1) is 0 Å². The summed E-state index contributed by atoms with van der Waals surface area (Å²) < 4.78 is 1.33. The fourth-order valence-corrected chi connectivity index (χ4v) is 0.941. The molecule has 0 spiro atoms. The molecule has 1 heteroatoms. The van der Waals surface area contributed by atoms with E-state index in [0.717, 1.165) is 5.92 Å². The van der Waals surface area contributed by atoms with E-state index in [-0.39, 0.29) is 0 Å². The van der Waals surface area contributed by atoms with Crippen molar-refractivity contribution in [3.05, 3.63) is 6.42 Å². The Morgan fingerprint density at radius 3 is 2.60 bits per heavy atom. The highest BCUT2D eigenvalue weighted by Gasteiger charge is 2.18. The second-order valence-corrected chi connectivity index (χ2v) is 2.27. The Kier molecular flexibility index (Phi) is 1.13. The smallest absolute Gasteiger partial charge is 0.00265 e. The molecule has 0 nitrogen and oxygen atoms in total. The molecule has 1 unspecified atom stereocenters. The third kappa shape index (κ3) is 1.07. The van der Waals surface area contributed by atoms with Gasteiger partial charge >= 0.3 is 0 Å². The minimum absolute atomic E-state index is 0.996. The Morgan fingerprint density at radius 2 is 2.60 bits per heavy atom. The quantitative estimate of drug-likeness (QED) is 0.426. The normalized spacial score (nSPS) is 23.4. The van der Waals surface area contributed by atoms with Crippen molar-refractivity contribution in [1.29, 1.82) is 0 Å². The van der Waals surface area contributed by atoms with Gasteiger partial charge < -0.3 is 0 Å². The second kappa shape index (κ2) is 1.45. The molecule has 1 aliphatic carbocycles. The maximum atomic E-state index is 2.41. The molecular formula is C4H6I. The Bertz CT molecular complexity index is 30.6.